The summed E-state index contributed by atoms with van der Waals surface area (Å²) in [5, 5.41) is 12.2. The summed E-state index contributed by atoms with van der Waals surface area (Å²) in [6, 6.07) is 5.88. The minimum absolute atomic E-state index is 0.154. The topological polar surface area (TPSA) is 73.4 Å². The van der Waals surface area contributed by atoms with E-state index in [1.807, 2.05) is 6.07 Å². The molecule has 0 spiro atoms. The van der Waals surface area contributed by atoms with Gasteiger partial charge in [-0.25, -0.2) is 4.98 Å². The van der Waals surface area contributed by atoms with Crippen molar-refractivity contribution in [1.29, 1.82) is 5.26 Å². The molecule has 0 unspecified atom stereocenters. The molecule has 5 heterocycles. The van der Waals surface area contributed by atoms with Crippen LogP contribution in [-0.4, -0.2) is 45.9 Å². The van der Waals surface area contributed by atoms with Crippen molar-refractivity contribution >= 4 is 11.4 Å². The molecule has 2 bridgehead atoms. The predicted octanol–water partition coefficient (Wildman–Crippen LogP) is 1.03. The normalized spacial score (nSPS) is 26.8. The van der Waals surface area contributed by atoms with E-state index in [9.17, 15) is 4.79 Å². The van der Waals surface area contributed by atoms with Crippen LogP contribution in [0.2, 0.25) is 0 Å². The first-order valence-corrected chi connectivity index (χ1v) is 7.65. The van der Waals surface area contributed by atoms with Crippen molar-refractivity contribution in [2.45, 2.75) is 18.9 Å². The third-order valence-electron chi connectivity index (χ3n) is 4.86. The number of nitrogens with zero attached hydrogens (tertiary/aromatic N) is 4. The number of carbonyl (C=O) groups excluding carboxylic acids is 1. The van der Waals surface area contributed by atoms with Gasteiger partial charge in [-0.1, -0.05) is 0 Å². The van der Waals surface area contributed by atoms with Crippen LogP contribution >= 0.6 is 0 Å². The van der Waals surface area contributed by atoms with E-state index < -0.39 is 0 Å². The fourth-order valence-corrected chi connectivity index (χ4v) is 3.58. The van der Waals surface area contributed by atoms with E-state index in [0.717, 1.165) is 38.0 Å². The van der Waals surface area contributed by atoms with Gasteiger partial charge in [0.15, 0.2) is 0 Å². The predicted molar refractivity (Wildman–Crippen MR) is 80.3 cm³/mol. The van der Waals surface area contributed by atoms with E-state index in [2.05, 4.69) is 21.3 Å². The Labute approximate surface area is 128 Å². The van der Waals surface area contributed by atoms with Crippen LogP contribution in [0.5, 0.6) is 0 Å². The zero-order valence-corrected chi connectivity index (χ0v) is 12.2. The van der Waals surface area contributed by atoms with Gasteiger partial charge in [-0.15, -0.1) is 0 Å². The molecule has 3 aliphatic heterocycles. The first-order chi connectivity index (χ1) is 10.7. The summed E-state index contributed by atoms with van der Waals surface area (Å²) in [6.07, 6.45) is 5.60. The number of aromatic nitrogens is 2. The van der Waals surface area contributed by atoms with Crippen molar-refractivity contribution in [3.63, 3.8) is 0 Å². The summed E-state index contributed by atoms with van der Waals surface area (Å²) in [4.78, 5) is 19.1. The Balaban J connectivity index is 1.56. The van der Waals surface area contributed by atoms with Gasteiger partial charge in [0.1, 0.15) is 17.5 Å². The number of hydrogen-bond acceptors (Lipinski definition) is 4. The Kier molecular flexibility index (Phi) is 3.09. The molecule has 0 aliphatic carbocycles. The number of amides is 1. The van der Waals surface area contributed by atoms with Crippen molar-refractivity contribution in [3.8, 4) is 6.07 Å². The molecular formula is C16H17N5O. The first kappa shape index (κ1) is 13.3. The Morgan fingerprint density at radius 3 is 2.86 bits per heavy atom. The molecule has 2 aromatic heterocycles. The summed E-state index contributed by atoms with van der Waals surface area (Å²) in [6.45, 7) is 3.23. The lowest BCUT2D eigenvalue weighted by Crippen LogP contribution is -2.57. The molecule has 3 saturated heterocycles. The van der Waals surface area contributed by atoms with Gasteiger partial charge < -0.3 is 14.6 Å². The maximum atomic E-state index is 12.5. The highest BCUT2D eigenvalue weighted by Gasteiger charge is 2.35. The average molecular weight is 295 g/mol. The maximum absolute atomic E-state index is 12.5. The number of nitriles is 1. The Bertz CT molecular complexity index is 766. The van der Waals surface area contributed by atoms with Crippen molar-refractivity contribution in [2.75, 3.05) is 19.6 Å². The van der Waals surface area contributed by atoms with Crippen LogP contribution in [0.3, 0.4) is 0 Å². The second-order valence-corrected chi connectivity index (χ2v) is 6.12. The lowest BCUT2D eigenvalue weighted by Gasteiger charge is -2.44. The molecule has 2 aromatic rings. The van der Waals surface area contributed by atoms with E-state index in [4.69, 9.17) is 5.26 Å². The summed E-state index contributed by atoms with van der Waals surface area (Å²) < 4.78 is 1.71. The molecule has 6 heteroatoms. The SMILES string of the molecule is N#Cc1ccc2cnc(C(=O)N[C@H]3CN4CCC3CC4)cn12. The molecule has 1 amide bonds. The molecule has 112 valence electrons. The van der Waals surface area contributed by atoms with Crippen LogP contribution in [0.1, 0.15) is 29.0 Å². The molecule has 1 N–H and O–H groups in total. The van der Waals surface area contributed by atoms with Gasteiger partial charge in [-0.05, 0) is 44.0 Å². The average Bonchev–Trinajstić information content (AvgIpc) is 2.98. The van der Waals surface area contributed by atoms with Crippen molar-refractivity contribution < 1.29 is 4.79 Å². The molecule has 0 aromatic carbocycles. The van der Waals surface area contributed by atoms with Crippen LogP contribution in [0.4, 0.5) is 0 Å². The van der Waals surface area contributed by atoms with Crippen molar-refractivity contribution in [2.24, 2.45) is 5.92 Å². The Morgan fingerprint density at radius 2 is 2.18 bits per heavy atom. The minimum Gasteiger partial charge on any atom is -0.346 e. The molecule has 5 rings (SSSR count). The highest BCUT2D eigenvalue weighted by molar-refractivity contribution is 5.92. The third-order valence-corrected chi connectivity index (χ3v) is 4.86. The highest BCUT2D eigenvalue weighted by atomic mass is 16.2. The number of hydrogen-bond donors (Lipinski definition) is 1. The Hall–Kier alpha value is -2.39. The van der Waals surface area contributed by atoms with Gasteiger partial charge in [-0.3, -0.25) is 4.79 Å². The van der Waals surface area contributed by atoms with Gasteiger partial charge in [-0.2, -0.15) is 5.26 Å². The van der Waals surface area contributed by atoms with Crippen molar-refractivity contribution in [1.82, 2.24) is 19.6 Å². The zero-order valence-electron chi connectivity index (χ0n) is 12.2. The summed E-state index contributed by atoms with van der Waals surface area (Å²) in [5.74, 6) is 0.428. The molecule has 0 radical (unpaired) electrons. The van der Waals surface area contributed by atoms with Gasteiger partial charge in [0, 0.05) is 18.8 Å². The molecule has 3 aliphatic rings. The molecule has 3 fully saturated rings. The first-order valence-electron chi connectivity index (χ1n) is 7.65. The number of piperidine rings is 3. The van der Waals surface area contributed by atoms with Gasteiger partial charge in [0.05, 0.1) is 11.7 Å². The molecule has 22 heavy (non-hydrogen) atoms. The van der Waals surface area contributed by atoms with E-state index >= 15 is 0 Å². The highest BCUT2D eigenvalue weighted by Crippen LogP contribution is 2.27. The van der Waals surface area contributed by atoms with Crippen LogP contribution in [0.25, 0.3) is 5.52 Å². The standard InChI is InChI=1S/C16H17N5O/c17-7-12-1-2-13-8-18-15(10-21(12)13)16(22)19-14-9-20-5-3-11(14)4-6-20/h1-2,8,10-11,14H,3-6,9H2,(H,19,22)/t14-/m0/s1. The maximum Gasteiger partial charge on any atom is 0.271 e. The summed E-state index contributed by atoms with van der Waals surface area (Å²) in [7, 11) is 0. The van der Waals surface area contributed by atoms with E-state index in [1.54, 1.807) is 22.9 Å². The number of nitrogens with one attached hydrogen (secondary N) is 1. The quantitative estimate of drug-likeness (QED) is 0.898. The number of fused-ring (bicyclic) bond motifs is 4. The second-order valence-electron chi connectivity index (χ2n) is 6.12. The summed E-state index contributed by atoms with van der Waals surface area (Å²) >= 11 is 0. The molecule has 6 nitrogen and oxygen atoms in total. The van der Waals surface area contributed by atoms with Crippen LogP contribution in [-0.2, 0) is 0 Å². The lowest BCUT2D eigenvalue weighted by atomic mass is 9.84. The van der Waals surface area contributed by atoms with Gasteiger partial charge >= 0.3 is 0 Å². The smallest absolute Gasteiger partial charge is 0.271 e. The van der Waals surface area contributed by atoms with Crippen LogP contribution < -0.4 is 5.32 Å². The molecule has 0 saturated carbocycles. The number of rotatable bonds is 2. The largest absolute Gasteiger partial charge is 0.346 e. The monoisotopic (exact) mass is 295 g/mol. The Morgan fingerprint density at radius 1 is 1.36 bits per heavy atom. The summed E-state index contributed by atoms with van der Waals surface area (Å²) in [5.41, 5.74) is 1.68. The lowest BCUT2D eigenvalue weighted by molar-refractivity contribution is 0.0617. The third kappa shape index (κ3) is 2.14. The van der Waals surface area contributed by atoms with Crippen LogP contribution in [0, 0.1) is 17.2 Å². The minimum atomic E-state index is -0.154. The van der Waals surface area contributed by atoms with E-state index in [-0.39, 0.29) is 11.9 Å². The second kappa shape index (κ2) is 5.11. The van der Waals surface area contributed by atoms with Crippen LogP contribution in [0.15, 0.2) is 24.5 Å². The van der Waals surface area contributed by atoms with Crippen molar-refractivity contribution in [3.05, 3.63) is 35.9 Å². The fourth-order valence-electron chi connectivity index (χ4n) is 3.58. The fraction of sp³-hybridized carbons (Fsp3) is 0.438. The molecular weight excluding hydrogens is 278 g/mol. The number of carbonyl (C=O) groups is 1. The zero-order chi connectivity index (χ0) is 15.1. The van der Waals surface area contributed by atoms with Gasteiger partial charge in [0.2, 0.25) is 0 Å². The van der Waals surface area contributed by atoms with Gasteiger partial charge in [0.25, 0.3) is 5.91 Å². The molecule has 1 atom stereocenters. The van der Waals surface area contributed by atoms with E-state index in [1.165, 1.54) is 0 Å². The van der Waals surface area contributed by atoms with E-state index in [0.29, 0.717) is 17.3 Å².